The Labute approximate surface area is 135 Å². The molecule has 1 amide bonds. The van der Waals surface area contributed by atoms with Gasteiger partial charge in [-0.3, -0.25) is 4.79 Å². The van der Waals surface area contributed by atoms with Crippen LogP contribution in [0.2, 0.25) is 0 Å². The molecule has 0 unspecified atom stereocenters. The van der Waals surface area contributed by atoms with Crippen LogP contribution >= 0.6 is 0 Å². The van der Waals surface area contributed by atoms with Gasteiger partial charge in [0.25, 0.3) is 5.91 Å². The van der Waals surface area contributed by atoms with E-state index in [4.69, 9.17) is 9.15 Å². The van der Waals surface area contributed by atoms with Crippen molar-refractivity contribution in [1.82, 2.24) is 5.32 Å². The van der Waals surface area contributed by atoms with Crippen LogP contribution in [0.3, 0.4) is 0 Å². The van der Waals surface area contributed by atoms with E-state index in [-0.39, 0.29) is 18.4 Å². The highest BCUT2D eigenvalue weighted by molar-refractivity contribution is 5.99. The summed E-state index contributed by atoms with van der Waals surface area (Å²) in [6.45, 7) is 5.44. The molecule has 5 heteroatoms. The van der Waals surface area contributed by atoms with Gasteiger partial charge in [0, 0.05) is 30.7 Å². The number of furan rings is 1. The number of nitrogens with one attached hydrogen (secondary N) is 1. The second-order valence-corrected chi connectivity index (χ2v) is 6.23. The third-order valence-electron chi connectivity index (χ3n) is 4.65. The molecule has 3 rings (SSSR count). The number of aliphatic hydroxyl groups is 1. The summed E-state index contributed by atoms with van der Waals surface area (Å²) in [6.07, 6.45) is 1.12. The highest BCUT2D eigenvalue weighted by Crippen LogP contribution is 2.27. The minimum Gasteiger partial charge on any atom is -0.450 e. The van der Waals surface area contributed by atoms with E-state index in [0.29, 0.717) is 19.0 Å². The van der Waals surface area contributed by atoms with E-state index in [0.717, 1.165) is 34.9 Å². The summed E-state index contributed by atoms with van der Waals surface area (Å²) >= 11 is 0. The number of hydrogen-bond acceptors (Lipinski definition) is 4. The number of aryl methyl sites for hydroxylation is 2. The number of para-hydroxylation sites is 1. The Hall–Kier alpha value is -1.85. The molecule has 2 N–H and O–H groups in total. The quantitative estimate of drug-likeness (QED) is 0.909. The maximum atomic E-state index is 12.4. The zero-order valence-corrected chi connectivity index (χ0v) is 13.6. The van der Waals surface area contributed by atoms with Gasteiger partial charge >= 0.3 is 0 Å². The van der Waals surface area contributed by atoms with E-state index in [1.54, 1.807) is 0 Å². The van der Waals surface area contributed by atoms with Gasteiger partial charge in [-0.25, -0.2) is 0 Å². The van der Waals surface area contributed by atoms with Crippen LogP contribution in [0.4, 0.5) is 0 Å². The molecule has 0 aliphatic carbocycles. The first-order valence-electron chi connectivity index (χ1n) is 8.10. The molecule has 0 saturated carbocycles. The lowest BCUT2D eigenvalue weighted by Gasteiger charge is -2.26. The van der Waals surface area contributed by atoms with Crippen LogP contribution in [0, 0.1) is 19.8 Å². The largest absolute Gasteiger partial charge is 0.450 e. The van der Waals surface area contributed by atoms with Gasteiger partial charge in [-0.05, 0) is 38.2 Å². The van der Waals surface area contributed by atoms with Crippen LogP contribution < -0.4 is 5.32 Å². The first kappa shape index (κ1) is 16.0. The standard InChI is InChI=1S/C18H23NO4/c1-11-4-3-5-14-12(2)17(23-16(11)14)18(21)19-10-15(20)13-6-8-22-9-7-13/h3-5,13,15,20H,6-10H2,1-2H3,(H,19,21)/t15-/m0/s1. The predicted molar refractivity (Wildman–Crippen MR) is 87.6 cm³/mol. The van der Waals surface area contributed by atoms with Gasteiger partial charge in [-0.2, -0.15) is 0 Å². The third-order valence-corrected chi connectivity index (χ3v) is 4.65. The zero-order chi connectivity index (χ0) is 16.4. The Morgan fingerprint density at radius 2 is 2.09 bits per heavy atom. The van der Waals surface area contributed by atoms with E-state index in [1.165, 1.54) is 0 Å². The fraction of sp³-hybridized carbons (Fsp3) is 0.500. The smallest absolute Gasteiger partial charge is 0.287 e. The molecule has 2 heterocycles. The third kappa shape index (κ3) is 3.26. The summed E-state index contributed by atoms with van der Waals surface area (Å²) in [6, 6.07) is 5.87. The van der Waals surface area contributed by atoms with Crippen LogP contribution in [0.1, 0.15) is 34.5 Å². The molecule has 1 fully saturated rings. The Morgan fingerprint density at radius 3 is 2.78 bits per heavy atom. The van der Waals surface area contributed by atoms with E-state index in [1.807, 2.05) is 32.0 Å². The molecular weight excluding hydrogens is 294 g/mol. The maximum Gasteiger partial charge on any atom is 0.287 e. The van der Waals surface area contributed by atoms with Gasteiger partial charge < -0.3 is 19.6 Å². The summed E-state index contributed by atoms with van der Waals surface area (Å²) < 4.78 is 11.0. The summed E-state index contributed by atoms with van der Waals surface area (Å²) in [7, 11) is 0. The number of carbonyl (C=O) groups excluding carboxylic acids is 1. The zero-order valence-electron chi connectivity index (χ0n) is 13.6. The van der Waals surface area contributed by atoms with Crippen molar-refractivity contribution >= 4 is 16.9 Å². The van der Waals surface area contributed by atoms with Crippen LogP contribution in [0.25, 0.3) is 11.0 Å². The summed E-state index contributed by atoms with van der Waals surface area (Å²) in [4.78, 5) is 12.4. The molecule has 2 aromatic rings. The van der Waals surface area contributed by atoms with Gasteiger partial charge in [0.2, 0.25) is 0 Å². The Kier molecular flexibility index (Phi) is 4.68. The monoisotopic (exact) mass is 317 g/mol. The average Bonchev–Trinajstić information content (AvgIpc) is 2.92. The number of ether oxygens (including phenoxy) is 1. The number of amides is 1. The van der Waals surface area contributed by atoms with Crippen molar-refractivity contribution in [2.45, 2.75) is 32.8 Å². The molecule has 1 aromatic heterocycles. The molecule has 1 aliphatic heterocycles. The van der Waals surface area contributed by atoms with Gasteiger partial charge in [0.05, 0.1) is 6.10 Å². The number of aliphatic hydroxyl groups excluding tert-OH is 1. The predicted octanol–water partition coefficient (Wildman–Crippen LogP) is 2.57. The Morgan fingerprint density at radius 1 is 1.35 bits per heavy atom. The van der Waals surface area contributed by atoms with E-state index < -0.39 is 6.10 Å². The lowest BCUT2D eigenvalue weighted by molar-refractivity contribution is 0.00863. The average molecular weight is 317 g/mol. The molecule has 0 radical (unpaired) electrons. The Bertz CT molecular complexity index is 700. The molecular formula is C18H23NO4. The van der Waals surface area contributed by atoms with E-state index >= 15 is 0 Å². The molecule has 1 atom stereocenters. The molecule has 124 valence electrons. The fourth-order valence-corrected chi connectivity index (χ4v) is 3.15. The second kappa shape index (κ2) is 6.72. The highest BCUT2D eigenvalue weighted by Gasteiger charge is 2.24. The lowest BCUT2D eigenvalue weighted by atomic mass is 9.94. The van der Waals surface area contributed by atoms with Crippen molar-refractivity contribution in [2.24, 2.45) is 5.92 Å². The lowest BCUT2D eigenvalue weighted by Crippen LogP contribution is -2.38. The SMILES string of the molecule is Cc1c(C(=O)NC[C@H](O)C2CCOCC2)oc2c(C)cccc12. The maximum absolute atomic E-state index is 12.4. The number of fused-ring (bicyclic) bond motifs is 1. The van der Waals surface area contributed by atoms with Crippen LogP contribution in [0.15, 0.2) is 22.6 Å². The molecule has 0 spiro atoms. The van der Waals surface area contributed by atoms with Crippen molar-refractivity contribution in [3.05, 3.63) is 35.1 Å². The van der Waals surface area contributed by atoms with Gasteiger partial charge in [0.1, 0.15) is 5.58 Å². The second-order valence-electron chi connectivity index (χ2n) is 6.23. The van der Waals surface area contributed by atoms with Crippen molar-refractivity contribution in [3.8, 4) is 0 Å². The summed E-state index contributed by atoms with van der Waals surface area (Å²) in [5.74, 6) is 0.237. The number of benzene rings is 1. The normalized spacial score (nSPS) is 17.3. The molecule has 0 bridgehead atoms. The minimum absolute atomic E-state index is 0.183. The van der Waals surface area contributed by atoms with Gasteiger partial charge in [-0.1, -0.05) is 18.2 Å². The summed E-state index contributed by atoms with van der Waals surface area (Å²) in [5, 5.41) is 14.0. The van der Waals surface area contributed by atoms with Crippen LogP contribution in [-0.2, 0) is 4.74 Å². The fourth-order valence-electron chi connectivity index (χ4n) is 3.15. The van der Waals surface area contributed by atoms with Gasteiger partial charge in [0.15, 0.2) is 5.76 Å². The topological polar surface area (TPSA) is 71.7 Å². The molecule has 23 heavy (non-hydrogen) atoms. The Balaban J connectivity index is 1.68. The molecule has 1 saturated heterocycles. The highest BCUT2D eigenvalue weighted by atomic mass is 16.5. The number of hydrogen-bond donors (Lipinski definition) is 2. The van der Waals surface area contributed by atoms with Crippen molar-refractivity contribution < 1.29 is 19.1 Å². The summed E-state index contributed by atoms with van der Waals surface area (Å²) in [5.41, 5.74) is 2.59. The van der Waals surface area contributed by atoms with Crippen molar-refractivity contribution in [3.63, 3.8) is 0 Å². The van der Waals surface area contributed by atoms with Crippen molar-refractivity contribution in [1.29, 1.82) is 0 Å². The first-order valence-corrected chi connectivity index (χ1v) is 8.10. The molecule has 1 aromatic carbocycles. The molecule has 1 aliphatic rings. The van der Waals surface area contributed by atoms with E-state index in [9.17, 15) is 9.90 Å². The minimum atomic E-state index is -0.547. The van der Waals surface area contributed by atoms with Crippen molar-refractivity contribution in [2.75, 3.05) is 19.8 Å². The van der Waals surface area contributed by atoms with Crippen LogP contribution in [-0.4, -0.2) is 36.9 Å². The number of rotatable bonds is 4. The van der Waals surface area contributed by atoms with E-state index in [2.05, 4.69) is 5.32 Å². The first-order chi connectivity index (χ1) is 11.1. The number of carbonyl (C=O) groups is 1. The van der Waals surface area contributed by atoms with Gasteiger partial charge in [-0.15, -0.1) is 0 Å². The van der Waals surface area contributed by atoms with Crippen LogP contribution in [0.5, 0.6) is 0 Å². The molecule has 5 nitrogen and oxygen atoms in total.